The van der Waals surface area contributed by atoms with Gasteiger partial charge < -0.3 is 35.0 Å². The van der Waals surface area contributed by atoms with Crippen molar-refractivity contribution in [2.24, 2.45) is 0 Å². The molecule has 0 spiro atoms. The van der Waals surface area contributed by atoms with Crippen molar-refractivity contribution in [3.8, 4) is 11.5 Å². The van der Waals surface area contributed by atoms with Crippen molar-refractivity contribution in [2.45, 2.75) is 63.3 Å². The summed E-state index contributed by atoms with van der Waals surface area (Å²) in [5.41, 5.74) is 0.892. The number of unbranched alkanes of at least 4 members (excludes halogenated alkanes) is 2. The molecule has 5 atom stereocenters. The van der Waals surface area contributed by atoms with Crippen molar-refractivity contribution >= 4 is 0 Å². The van der Waals surface area contributed by atoms with Crippen LogP contribution in [0, 0.1) is 0 Å². The van der Waals surface area contributed by atoms with E-state index >= 15 is 0 Å². The van der Waals surface area contributed by atoms with Crippen LogP contribution in [0.5, 0.6) is 11.5 Å². The minimum absolute atomic E-state index is 0.0311. The van der Waals surface area contributed by atoms with Gasteiger partial charge >= 0.3 is 0 Å². The third-order valence-corrected chi connectivity index (χ3v) is 4.12. The molecule has 0 saturated carbocycles. The zero-order chi connectivity index (χ0) is 17.7. The minimum Gasteiger partial charge on any atom is -0.508 e. The van der Waals surface area contributed by atoms with E-state index in [1.807, 2.05) is 0 Å². The molecule has 1 fully saturated rings. The first-order valence-electron chi connectivity index (χ1n) is 8.26. The lowest BCUT2D eigenvalue weighted by molar-refractivity contribution is -0.277. The van der Waals surface area contributed by atoms with Gasteiger partial charge in [-0.05, 0) is 30.5 Å². The number of hydrogen-bond acceptors (Lipinski definition) is 7. The van der Waals surface area contributed by atoms with E-state index in [1.54, 1.807) is 12.1 Å². The summed E-state index contributed by atoms with van der Waals surface area (Å²) in [6, 6.07) is 4.76. The van der Waals surface area contributed by atoms with Gasteiger partial charge in [0.2, 0.25) is 6.29 Å². The van der Waals surface area contributed by atoms with Crippen LogP contribution in [0.1, 0.15) is 31.7 Å². The maximum absolute atomic E-state index is 9.99. The van der Waals surface area contributed by atoms with Crippen molar-refractivity contribution < 1.29 is 35.0 Å². The largest absolute Gasteiger partial charge is 0.508 e. The van der Waals surface area contributed by atoms with Gasteiger partial charge in [-0.15, -0.1) is 0 Å². The molecular weight excluding hydrogens is 316 g/mol. The van der Waals surface area contributed by atoms with Gasteiger partial charge in [0.25, 0.3) is 0 Å². The highest BCUT2D eigenvalue weighted by Crippen LogP contribution is 2.28. The highest BCUT2D eigenvalue weighted by atomic mass is 16.7. The van der Waals surface area contributed by atoms with Gasteiger partial charge in [0.05, 0.1) is 6.61 Å². The van der Waals surface area contributed by atoms with Crippen LogP contribution < -0.4 is 4.74 Å². The van der Waals surface area contributed by atoms with Crippen molar-refractivity contribution in [2.75, 3.05) is 6.61 Å². The van der Waals surface area contributed by atoms with E-state index in [0.29, 0.717) is 0 Å². The number of ether oxygens (including phenoxy) is 2. The van der Waals surface area contributed by atoms with E-state index in [2.05, 4.69) is 6.92 Å². The Morgan fingerprint density at radius 3 is 2.46 bits per heavy atom. The molecule has 1 heterocycles. The molecule has 136 valence electrons. The first-order chi connectivity index (χ1) is 11.5. The lowest BCUT2D eigenvalue weighted by Crippen LogP contribution is -2.60. The standard InChI is InChI=1S/C17H26O7/c1-2-3-4-5-10-6-11(19)8-12(7-10)23-17-16(22)15(21)14(20)13(9-18)24-17/h6-8,13-22H,2-5,9H2,1H3/t13-,14-,15+,16-,17-/m1/s1. The second-order valence-corrected chi connectivity index (χ2v) is 6.11. The molecule has 0 unspecified atom stereocenters. The summed E-state index contributed by atoms with van der Waals surface area (Å²) in [6.45, 7) is 1.59. The topological polar surface area (TPSA) is 120 Å². The predicted octanol–water partition coefficient (Wildman–Crippen LogP) is 0.304. The van der Waals surface area contributed by atoms with E-state index in [-0.39, 0.29) is 11.5 Å². The van der Waals surface area contributed by atoms with E-state index in [4.69, 9.17) is 9.47 Å². The van der Waals surface area contributed by atoms with Crippen LogP contribution in [-0.2, 0) is 11.2 Å². The van der Waals surface area contributed by atoms with Gasteiger partial charge in [0.1, 0.15) is 35.9 Å². The van der Waals surface area contributed by atoms with Gasteiger partial charge in [-0.25, -0.2) is 0 Å². The first-order valence-corrected chi connectivity index (χ1v) is 8.26. The number of aliphatic hydroxyl groups is 4. The molecule has 24 heavy (non-hydrogen) atoms. The molecule has 0 aromatic heterocycles. The molecule has 7 heteroatoms. The molecule has 0 radical (unpaired) electrons. The number of phenolic OH excluding ortho intramolecular Hbond substituents is 1. The van der Waals surface area contributed by atoms with Gasteiger partial charge in [-0.1, -0.05) is 19.8 Å². The third-order valence-electron chi connectivity index (χ3n) is 4.12. The second-order valence-electron chi connectivity index (χ2n) is 6.11. The lowest BCUT2D eigenvalue weighted by atomic mass is 9.99. The number of aryl methyl sites for hydroxylation is 1. The van der Waals surface area contributed by atoms with Crippen LogP contribution in [-0.4, -0.2) is 62.8 Å². The van der Waals surface area contributed by atoms with Crippen LogP contribution >= 0.6 is 0 Å². The smallest absolute Gasteiger partial charge is 0.229 e. The Morgan fingerprint density at radius 1 is 1.04 bits per heavy atom. The maximum atomic E-state index is 9.99. The lowest BCUT2D eigenvalue weighted by Gasteiger charge is -2.39. The number of rotatable bonds is 7. The number of phenols is 1. The van der Waals surface area contributed by atoms with Crippen molar-refractivity contribution in [1.29, 1.82) is 0 Å². The zero-order valence-corrected chi connectivity index (χ0v) is 13.7. The maximum Gasteiger partial charge on any atom is 0.229 e. The van der Waals surface area contributed by atoms with E-state index < -0.39 is 37.3 Å². The summed E-state index contributed by atoms with van der Waals surface area (Å²) in [7, 11) is 0. The Morgan fingerprint density at radius 2 is 1.79 bits per heavy atom. The summed E-state index contributed by atoms with van der Waals surface area (Å²) in [6.07, 6.45) is -2.76. The summed E-state index contributed by atoms with van der Waals surface area (Å²) in [5, 5.41) is 48.5. The number of hydrogen-bond donors (Lipinski definition) is 5. The van der Waals surface area contributed by atoms with Gasteiger partial charge in [0, 0.05) is 6.07 Å². The van der Waals surface area contributed by atoms with Crippen LogP contribution in [0.15, 0.2) is 18.2 Å². The Labute approximate surface area is 141 Å². The summed E-state index contributed by atoms with van der Waals surface area (Å²) in [5.74, 6) is 0.314. The molecule has 0 bridgehead atoms. The fourth-order valence-corrected chi connectivity index (χ4v) is 2.73. The van der Waals surface area contributed by atoms with Crippen molar-refractivity contribution in [3.63, 3.8) is 0 Å². The molecule has 1 aliphatic heterocycles. The highest BCUT2D eigenvalue weighted by Gasteiger charge is 2.44. The minimum atomic E-state index is -1.50. The zero-order valence-electron chi connectivity index (χ0n) is 13.7. The molecule has 0 amide bonds. The van der Waals surface area contributed by atoms with Crippen molar-refractivity contribution in [3.05, 3.63) is 23.8 Å². The van der Waals surface area contributed by atoms with Crippen LogP contribution in [0.3, 0.4) is 0 Å². The monoisotopic (exact) mass is 342 g/mol. The molecule has 2 rings (SSSR count). The highest BCUT2D eigenvalue weighted by molar-refractivity contribution is 5.37. The Bertz CT molecular complexity index is 520. The first kappa shape index (κ1) is 19.0. The number of benzene rings is 1. The molecule has 5 N–H and O–H groups in total. The van der Waals surface area contributed by atoms with E-state index in [0.717, 1.165) is 31.2 Å². The van der Waals surface area contributed by atoms with E-state index in [9.17, 15) is 25.5 Å². The SMILES string of the molecule is CCCCCc1cc(O)cc(O[C@@H]2O[C@H](CO)[C@@H](O)[C@H](O)[C@H]2O)c1. The molecule has 1 aromatic carbocycles. The van der Waals surface area contributed by atoms with Crippen LogP contribution in [0.4, 0.5) is 0 Å². The fourth-order valence-electron chi connectivity index (χ4n) is 2.73. The summed E-state index contributed by atoms with van der Waals surface area (Å²) >= 11 is 0. The van der Waals surface area contributed by atoms with Gasteiger partial charge in [0.15, 0.2) is 0 Å². The summed E-state index contributed by atoms with van der Waals surface area (Å²) in [4.78, 5) is 0. The Hall–Kier alpha value is -1.38. The second kappa shape index (κ2) is 8.64. The third kappa shape index (κ3) is 4.58. The molecule has 7 nitrogen and oxygen atoms in total. The number of aliphatic hydroxyl groups excluding tert-OH is 4. The van der Waals surface area contributed by atoms with Gasteiger partial charge in [-0.2, -0.15) is 0 Å². The summed E-state index contributed by atoms with van der Waals surface area (Å²) < 4.78 is 10.8. The van der Waals surface area contributed by atoms with Crippen LogP contribution in [0.25, 0.3) is 0 Å². The molecule has 1 aliphatic rings. The van der Waals surface area contributed by atoms with Gasteiger partial charge in [-0.3, -0.25) is 0 Å². The predicted molar refractivity (Wildman–Crippen MR) is 85.7 cm³/mol. The Kier molecular flexibility index (Phi) is 6.82. The van der Waals surface area contributed by atoms with Crippen LogP contribution in [0.2, 0.25) is 0 Å². The van der Waals surface area contributed by atoms with E-state index in [1.165, 1.54) is 6.07 Å². The fraction of sp³-hybridized carbons (Fsp3) is 0.647. The Balaban J connectivity index is 2.08. The molecule has 0 aliphatic carbocycles. The normalized spacial score (nSPS) is 30.3. The average Bonchev–Trinajstić information content (AvgIpc) is 2.55. The van der Waals surface area contributed by atoms with Crippen molar-refractivity contribution in [1.82, 2.24) is 0 Å². The quantitative estimate of drug-likeness (QED) is 0.452. The average molecular weight is 342 g/mol. The number of aromatic hydroxyl groups is 1. The molecule has 1 saturated heterocycles. The molecular formula is C17H26O7. The molecule has 1 aromatic rings.